The molecule has 0 saturated heterocycles. The van der Waals surface area contributed by atoms with Crippen LogP contribution in [0.4, 0.5) is 4.79 Å². The zero-order valence-electron chi connectivity index (χ0n) is 12.1. The van der Waals surface area contributed by atoms with Crippen LogP contribution in [-0.2, 0) is 14.3 Å². The van der Waals surface area contributed by atoms with Crippen LogP contribution in [0.3, 0.4) is 0 Å². The smallest absolute Gasteiger partial charge is 0.410 e. The molecule has 0 spiro atoms. The Kier molecular flexibility index (Phi) is 8.16. The molecule has 0 saturated carbocycles. The number of likely N-dealkylation sites (N-methyl/N-ethyl adjacent to an activating group) is 1. The maximum absolute atomic E-state index is 11.7. The predicted molar refractivity (Wildman–Crippen MR) is 69.3 cm³/mol. The molecule has 18 heavy (non-hydrogen) atoms. The first-order valence-electron chi connectivity index (χ1n) is 6.46. The third-order valence-corrected chi connectivity index (χ3v) is 2.65. The van der Waals surface area contributed by atoms with E-state index < -0.39 is 18.1 Å². The lowest BCUT2D eigenvalue weighted by atomic mass is 10.1. The Morgan fingerprint density at radius 3 is 2.28 bits per heavy atom. The van der Waals surface area contributed by atoms with Crippen molar-refractivity contribution < 1.29 is 19.1 Å². The lowest BCUT2D eigenvalue weighted by Gasteiger charge is -2.22. The molecule has 106 valence electrons. The Morgan fingerprint density at radius 2 is 1.78 bits per heavy atom. The molecule has 5 heteroatoms. The van der Waals surface area contributed by atoms with Gasteiger partial charge in [-0.05, 0) is 32.6 Å². The number of ether oxygens (including phenoxy) is 2. The first kappa shape index (κ1) is 16.7. The Labute approximate surface area is 109 Å². The minimum absolute atomic E-state index is 0.291. The highest BCUT2D eigenvalue weighted by Gasteiger charge is 2.24. The molecular formula is C13H25NO4. The highest BCUT2D eigenvalue weighted by atomic mass is 16.6. The lowest BCUT2D eigenvalue weighted by molar-refractivity contribution is -0.148. The van der Waals surface area contributed by atoms with E-state index in [2.05, 4.69) is 13.8 Å². The van der Waals surface area contributed by atoms with Crippen molar-refractivity contribution in [1.82, 2.24) is 4.90 Å². The molecule has 0 heterocycles. The summed E-state index contributed by atoms with van der Waals surface area (Å²) in [6.07, 6.45) is 1.36. The summed E-state index contributed by atoms with van der Waals surface area (Å²) in [6.45, 7) is 8.29. The van der Waals surface area contributed by atoms with Gasteiger partial charge in [-0.15, -0.1) is 0 Å². The largest absolute Gasteiger partial charge is 0.464 e. The van der Waals surface area contributed by atoms with Gasteiger partial charge in [0, 0.05) is 7.05 Å². The van der Waals surface area contributed by atoms with E-state index in [9.17, 15) is 9.59 Å². The van der Waals surface area contributed by atoms with Crippen molar-refractivity contribution in [2.75, 3.05) is 20.3 Å². The van der Waals surface area contributed by atoms with Gasteiger partial charge < -0.3 is 9.47 Å². The Morgan fingerprint density at radius 1 is 1.17 bits per heavy atom. The first-order valence-corrected chi connectivity index (χ1v) is 6.46. The molecular weight excluding hydrogens is 234 g/mol. The summed E-state index contributed by atoms with van der Waals surface area (Å²) in [5.74, 6) is 0.206. The van der Waals surface area contributed by atoms with E-state index in [4.69, 9.17) is 9.47 Å². The van der Waals surface area contributed by atoms with Gasteiger partial charge in [0.05, 0.1) is 13.2 Å². The monoisotopic (exact) mass is 259 g/mol. The Hall–Kier alpha value is -1.26. The molecule has 0 aliphatic carbocycles. The number of rotatable bonds is 7. The summed E-state index contributed by atoms with van der Waals surface area (Å²) in [5.41, 5.74) is 0. The summed E-state index contributed by atoms with van der Waals surface area (Å²) >= 11 is 0. The molecule has 0 rings (SSSR count). The number of nitrogens with zero attached hydrogens (tertiary/aromatic N) is 1. The van der Waals surface area contributed by atoms with Gasteiger partial charge >= 0.3 is 12.1 Å². The topological polar surface area (TPSA) is 55.8 Å². The summed E-state index contributed by atoms with van der Waals surface area (Å²) < 4.78 is 9.93. The highest BCUT2D eigenvalue weighted by Crippen LogP contribution is 2.05. The van der Waals surface area contributed by atoms with Gasteiger partial charge in [-0.1, -0.05) is 13.8 Å². The van der Waals surface area contributed by atoms with E-state index in [0.717, 1.165) is 12.8 Å². The van der Waals surface area contributed by atoms with Crippen molar-refractivity contribution in [3.63, 3.8) is 0 Å². The first-order chi connectivity index (χ1) is 8.40. The van der Waals surface area contributed by atoms with E-state index in [1.165, 1.54) is 11.9 Å². The molecule has 0 bridgehead atoms. The average molecular weight is 259 g/mol. The summed E-state index contributed by atoms with van der Waals surface area (Å²) in [7, 11) is 1.53. The van der Waals surface area contributed by atoms with Crippen LogP contribution in [0.15, 0.2) is 0 Å². The molecule has 0 aromatic carbocycles. The maximum Gasteiger partial charge on any atom is 0.410 e. The molecule has 1 atom stereocenters. The lowest BCUT2D eigenvalue weighted by Crippen LogP contribution is -2.41. The fourth-order valence-electron chi connectivity index (χ4n) is 1.33. The van der Waals surface area contributed by atoms with Crippen molar-refractivity contribution in [1.29, 1.82) is 0 Å². The van der Waals surface area contributed by atoms with Gasteiger partial charge in [0.1, 0.15) is 6.04 Å². The number of amides is 1. The zero-order valence-corrected chi connectivity index (χ0v) is 12.1. The third-order valence-electron chi connectivity index (χ3n) is 2.65. The fraction of sp³-hybridized carbons (Fsp3) is 0.846. The van der Waals surface area contributed by atoms with E-state index >= 15 is 0 Å². The second-order valence-electron chi connectivity index (χ2n) is 4.69. The van der Waals surface area contributed by atoms with Crippen molar-refractivity contribution >= 4 is 12.1 Å². The van der Waals surface area contributed by atoms with Crippen LogP contribution in [0.2, 0.25) is 0 Å². The van der Waals surface area contributed by atoms with Gasteiger partial charge in [-0.2, -0.15) is 0 Å². The predicted octanol–water partition coefficient (Wildman–Crippen LogP) is 2.44. The average Bonchev–Trinajstić information content (AvgIpc) is 2.32. The molecule has 0 fully saturated rings. The van der Waals surface area contributed by atoms with Crippen LogP contribution in [0.25, 0.3) is 0 Å². The van der Waals surface area contributed by atoms with Crippen LogP contribution >= 0.6 is 0 Å². The number of esters is 1. The number of carbonyl (C=O) groups excluding carboxylic acids is 2. The van der Waals surface area contributed by atoms with Gasteiger partial charge in [0.25, 0.3) is 0 Å². The SMILES string of the molecule is CCOC(=O)N(C)C(C)C(=O)OCCCC(C)C. The standard InChI is InChI=1S/C13H25NO4/c1-6-17-13(16)14(5)11(4)12(15)18-9-7-8-10(2)3/h10-11H,6-9H2,1-5H3. The third kappa shape index (κ3) is 6.47. The molecule has 0 aliphatic heterocycles. The van der Waals surface area contributed by atoms with Crippen LogP contribution < -0.4 is 0 Å². The minimum Gasteiger partial charge on any atom is -0.464 e. The van der Waals surface area contributed by atoms with Crippen molar-refractivity contribution in [3.05, 3.63) is 0 Å². The van der Waals surface area contributed by atoms with E-state index in [-0.39, 0.29) is 0 Å². The molecule has 1 unspecified atom stereocenters. The zero-order chi connectivity index (χ0) is 14.1. The Bertz CT molecular complexity index is 266. The van der Waals surface area contributed by atoms with Crippen molar-refractivity contribution in [2.24, 2.45) is 5.92 Å². The van der Waals surface area contributed by atoms with E-state index in [1.807, 2.05) is 0 Å². The second kappa shape index (κ2) is 8.78. The summed E-state index contributed by atoms with van der Waals surface area (Å²) in [6, 6.07) is -0.622. The molecule has 0 aromatic rings. The molecule has 0 aromatic heterocycles. The maximum atomic E-state index is 11.7. The molecule has 0 N–H and O–H groups in total. The van der Waals surface area contributed by atoms with Crippen molar-refractivity contribution in [3.8, 4) is 0 Å². The summed E-state index contributed by atoms with van der Waals surface area (Å²) in [5, 5.41) is 0. The highest BCUT2D eigenvalue weighted by molar-refractivity contribution is 5.80. The van der Waals surface area contributed by atoms with E-state index in [0.29, 0.717) is 19.1 Å². The van der Waals surface area contributed by atoms with Crippen molar-refractivity contribution in [2.45, 2.75) is 46.6 Å². The number of hydrogen-bond acceptors (Lipinski definition) is 4. The van der Waals surface area contributed by atoms with Crippen LogP contribution in [0.1, 0.15) is 40.5 Å². The van der Waals surface area contributed by atoms with Gasteiger partial charge in [-0.25, -0.2) is 9.59 Å². The van der Waals surface area contributed by atoms with Gasteiger partial charge in [-0.3, -0.25) is 4.90 Å². The number of hydrogen-bond donors (Lipinski definition) is 0. The van der Waals surface area contributed by atoms with Gasteiger partial charge in [0.15, 0.2) is 0 Å². The van der Waals surface area contributed by atoms with Crippen LogP contribution in [-0.4, -0.2) is 43.3 Å². The fourth-order valence-corrected chi connectivity index (χ4v) is 1.33. The second-order valence-corrected chi connectivity index (χ2v) is 4.69. The Balaban J connectivity index is 3.98. The van der Waals surface area contributed by atoms with E-state index in [1.54, 1.807) is 13.8 Å². The minimum atomic E-state index is -0.622. The molecule has 0 radical (unpaired) electrons. The molecule has 1 amide bonds. The quantitative estimate of drug-likeness (QED) is 0.520. The molecule has 0 aliphatic rings. The van der Waals surface area contributed by atoms with Gasteiger partial charge in [0.2, 0.25) is 0 Å². The normalized spacial score (nSPS) is 12.1. The number of carbonyl (C=O) groups is 2. The summed E-state index contributed by atoms with van der Waals surface area (Å²) in [4.78, 5) is 24.3. The van der Waals surface area contributed by atoms with Crippen LogP contribution in [0.5, 0.6) is 0 Å². The molecule has 5 nitrogen and oxygen atoms in total. The van der Waals surface area contributed by atoms with Crippen LogP contribution in [0, 0.1) is 5.92 Å².